The van der Waals surface area contributed by atoms with Crippen molar-refractivity contribution in [1.29, 1.82) is 0 Å². The fraction of sp³-hybridized carbons (Fsp3) is 1.00. The Balaban J connectivity index is 4.52. The van der Waals surface area contributed by atoms with Gasteiger partial charge >= 0.3 is 0 Å². The molecule has 0 N–H and O–H groups in total. The third-order valence-corrected chi connectivity index (χ3v) is 5.42. The molecule has 0 saturated carbocycles. The highest BCUT2D eigenvalue weighted by Gasteiger charge is 2.33. The normalized spacial score (nSPS) is 12.0. The smallest absolute Gasteiger partial charge is 0.285 e. The van der Waals surface area contributed by atoms with Crippen molar-refractivity contribution in [1.82, 2.24) is 0 Å². The van der Waals surface area contributed by atoms with E-state index in [0.29, 0.717) is 32.8 Å². The molecule has 0 aliphatic rings. The maximum atomic E-state index is 6.22. The highest BCUT2D eigenvalue weighted by molar-refractivity contribution is 5.97. The molecule has 0 bridgehead atoms. The molecule has 0 saturated heterocycles. The Labute approximate surface area is 185 Å². The van der Waals surface area contributed by atoms with Crippen molar-refractivity contribution in [3.63, 3.8) is 0 Å². The zero-order valence-corrected chi connectivity index (χ0v) is 20.8. The van der Waals surface area contributed by atoms with Crippen LogP contribution in [0.4, 0.5) is 0 Å². The maximum Gasteiger partial charge on any atom is 0.285 e. The Morgan fingerprint density at radius 2 is 0.828 bits per heavy atom. The zero-order valence-electron chi connectivity index (χ0n) is 19.8. The molecule has 4 nitrogen and oxygen atoms in total. The van der Waals surface area contributed by atoms with Gasteiger partial charge in [0, 0.05) is 6.61 Å². The minimum absolute atomic E-state index is 0.498. The van der Waals surface area contributed by atoms with E-state index in [0.717, 1.165) is 19.3 Å². The molecule has 0 aliphatic heterocycles. The predicted octanol–water partition coefficient (Wildman–Crippen LogP) is 7.09. The SMILES string of the molecule is CCCCCCCOC(CCO[Si])(OCCCCCCC)OCCCCCCC. The van der Waals surface area contributed by atoms with Crippen LogP contribution in [0.15, 0.2) is 0 Å². The van der Waals surface area contributed by atoms with E-state index < -0.39 is 5.97 Å². The molecule has 0 aromatic carbocycles. The summed E-state index contributed by atoms with van der Waals surface area (Å²) in [5.74, 6) is -0.965. The molecule has 173 valence electrons. The lowest BCUT2D eigenvalue weighted by Crippen LogP contribution is -2.41. The third-order valence-electron chi connectivity index (χ3n) is 5.22. The quantitative estimate of drug-likeness (QED) is 0.0932. The highest BCUT2D eigenvalue weighted by atomic mass is 28.2. The van der Waals surface area contributed by atoms with E-state index in [1.807, 2.05) is 0 Å². The Hall–Kier alpha value is 0.0569. The standard InChI is InChI=1S/C24H49O4Si/c1-4-7-10-13-16-20-25-24(19-23-28-29,26-21-17-14-11-8-5-2)27-22-18-15-12-9-6-3/h4-23H2,1-3H3. The first kappa shape index (κ1) is 29.1. The number of unbranched alkanes of at least 4 members (excludes halogenated alkanes) is 12. The lowest BCUT2D eigenvalue weighted by molar-refractivity contribution is -0.385. The highest BCUT2D eigenvalue weighted by Crippen LogP contribution is 2.23. The first-order valence-corrected chi connectivity index (χ1v) is 12.9. The molecule has 29 heavy (non-hydrogen) atoms. The summed E-state index contributed by atoms with van der Waals surface area (Å²) in [7, 11) is 3.12. The van der Waals surface area contributed by atoms with E-state index in [1.54, 1.807) is 0 Å². The van der Waals surface area contributed by atoms with Crippen LogP contribution in [0.5, 0.6) is 0 Å². The van der Waals surface area contributed by atoms with Crippen LogP contribution in [0.1, 0.15) is 124 Å². The minimum Gasteiger partial charge on any atom is -0.418 e. The molecule has 0 aromatic rings. The van der Waals surface area contributed by atoms with Gasteiger partial charge in [-0.25, -0.2) is 0 Å². The van der Waals surface area contributed by atoms with Crippen LogP contribution in [0.3, 0.4) is 0 Å². The van der Waals surface area contributed by atoms with E-state index in [1.165, 1.54) is 77.0 Å². The van der Waals surface area contributed by atoms with Gasteiger partial charge in [-0.2, -0.15) is 0 Å². The number of hydrogen-bond acceptors (Lipinski definition) is 4. The molecule has 0 rings (SSSR count). The van der Waals surface area contributed by atoms with Gasteiger partial charge in [-0.15, -0.1) is 0 Å². The lowest BCUT2D eigenvalue weighted by Gasteiger charge is -2.33. The first-order valence-electron chi connectivity index (χ1n) is 12.4. The van der Waals surface area contributed by atoms with Crippen LogP contribution >= 0.6 is 0 Å². The topological polar surface area (TPSA) is 36.9 Å². The Bertz CT molecular complexity index is 274. The molecule has 0 fully saturated rings. The minimum atomic E-state index is -0.965. The van der Waals surface area contributed by atoms with Crippen molar-refractivity contribution in [2.75, 3.05) is 26.4 Å². The van der Waals surface area contributed by atoms with Gasteiger partial charge in [0.2, 0.25) is 10.5 Å². The van der Waals surface area contributed by atoms with Crippen molar-refractivity contribution >= 4 is 10.5 Å². The van der Waals surface area contributed by atoms with Gasteiger partial charge in [-0.05, 0) is 19.3 Å². The molecule has 0 aromatic heterocycles. The molecule has 0 heterocycles. The summed E-state index contributed by atoms with van der Waals surface area (Å²) in [6.07, 6.45) is 18.8. The molecule has 0 amide bonds. The van der Waals surface area contributed by atoms with Crippen LogP contribution in [0.2, 0.25) is 0 Å². The number of rotatable bonds is 24. The number of ether oxygens (including phenoxy) is 3. The van der Waals surface area contributed by atoms with Gasteiger partial charge in [0.1, 0.15) is 0 Å². The fourth-order valence-electron chi connectivity index (χ4n) is 3.32. The summed E-state index contributed by atoms with van der Waals surface area (Å²) >= 11 is 0. The fourth-order valence-corrected chi connectivity index (χ4v) is 3.42. The van der Waals surface area contributed by atoms with E-state index in [-0.39, 0.29) is 0 Å². The monoisotopic (exact) mass is 429 g/mol. The van der Waals surface area contributed by atoms with Crippen molar-refractivity contribution in [3.05, 3.63) is 0 Å². The molecular formula is C24H49O4Si. The molecule has 5 heteroatoms. The van der Waals surface area contributed by atoms with Crippen LogP contribution in [0, 0.1) is 0 Å². The average molecular weight is 430 g/mol. The van der Waals surface area contributed by atoms with Crippen LogP contribution in [0.25, 0.3) is 0 Å². The second kappa shape index (κ2) is 22.7. The van der Waals surface area contributed by atoms with E-state index in [4.69, 9.17) is 18.6 Å². The molecule has 3 radical (unpaired) electrons. The van der Waals surface area contributed by atoms with Gasteiger partial charge in [0.05, 0.1) is 26.2 Å². The summed E-state index contributed by atoms with van der Waals surface area (Å²) in [5.41, 5.74) is 0. The number of hydrogen-bond donors (Lipinski definition) is 0. The summed E-state index contributed by atoms with van der Waals surface area (Å²) in [5, 5.41) is 0. The Kier molecular flexibility index (Phi) is 22.8. The van der Waals surface area contributed by atoms with E-state index >= 15 is 0 Å². The Morgan fingerprint density at radius 1 is 0.483 bits per heavy atom. The second-order valence-electron chi connectivity index (χ2n) is 8.07. The largest absolute Gasteiger partial charge is 0.418 e. The van der Waals surface area contributed by atoms with Crippen molar-refractivity contribution in [2.45, 2.75) is 129 Å². The van der Waals surface area contributed by atoms with Crippen molar-refractivity contribution in [2.24, 2.45) is 0 Å². The summed E-state index contributed by atoms with van der Waals surface area (Å²) in [6, 6.07) is 0. The maximum absolute atomic E-state index is 6.22. The van der Waals surface area contributed by atoms with Crippen molar-refractivity contribution < 1.29 is 18.6 Å². The van der Waals surface area contributed by atoms with Gasteiger partial charge in [0.25, 0.3) is 5.97 Å². The van der Waals surface area contributed by atoms with Crippen molar-refractivity contribution in [3.8, 4) is 0 Å². The van der Waals surface area contributed by atoms with Crippen LogP contribution in [-0.2, 0) is 18.6 Å². The van der Waals surface area contributed by atoms with E-state index in [2.05, 4.69) is 31.3 Å². The summed E-state index contributed by atoms with van der Waals surface area (Å²) < 4.78 is 23.8. The van der Waals surface area contributed by atoms with Gasteiger partial charge < -0.3 is 18.6 Å². The molecule has 0 atom stereocenters. The Morgan fingerprint density at radius 3 is 1.14 bits per heavy atom. The molecular weight excluding hydrogens is 380 g/mol. The van der Waals surface area contributed by atoms with E-state index in [9.17, 15) is 0 Å². The third kappa shape index (κ3) is 18.5. The average Bonchev–Trinajstić information content (AvgIpc) is 2.74. The lowest BCUT2D eigenvalue weighted by atomic mass is 10.1. The summed E-state index contributed by atoms with van der Waals surface area (Å²) in [6.45, 7) is 9.25. The van der Waals surface area contributed by atoms with Gasteiger partial charge in [-0.3, -0.25) is 0 Å². The molecule has 0 spiro atoms. The first-order chi connectivity index (χ1) is 14.2. The molecule has 0 aliphatic carbocycles. The zero-order chi connectivity index (χ0) is 21.5. The van der Waals surface area contributed by atoms with Crippen LogP contribution in [-0.4, -0.2) is 42.9 Å². The van der Waals surface area contributed by atoms with Crippen LogP contribution < -0.4 is 0 Å². The summed E-state index contributed by atoms with van der Waals surface area (Å²) in [4.78, 5) is 0. The second-order valence-corrected chi connectivity index (χ2v) is 8.36. The van der Waals surface area contributed by atoms with Gasteiger partial charge in [0.15, 0.2) is 0 Å². The predicted molar refractivity (Wildman–Crippen MR) is 123 cm³/mol. The van der Waals surface area contributed by atoms with Gasteiger partial charge in [-0.1, -0.05) is 97.8 Å². The molecule has 0 unspecified atom stereocenters.